The smallest absolute Gasteiger partial charge is 0.416 e. The monoisotopic (exact) mass is 452 g/mol. The number of ether oxygens (including phenoxy) is 2. The highest BCUT2D eigenvalue weighted by Gasteiger charge is 2.30. The van der Waals surface area contributed by atoms with Gasteiger partial charge in [-0.1, -0.05) is 12.2 Å². The van der Waals surface area contributed by atoms with Crippen LogP contribution in [0.15, 0.2) is 71.7 Å². The quantitative estimate of drug-likeness (QED) is 0.327. The number of carboxylic acid groups (broad SMARTS) is 1. The summed E-state index contributed by atoms with van der Waals surface area (Å²) >= 11 is 1.56. The fraction of sp³-hybridized carbons (Fsp3) is 0.261. The van der Waals surface area contributed by atoms with E-state index in [9.17, 15) is 18.0 Å². The number of hydrogen-bond acceptors (Lipinski definition) is 4. The maximum absolute atomic E-state index is 12.7. The van der Waals surface area contributed by atoms with Crippen LogP contribution in [-0.2, 0) is 11.0 Å². The van der Waals surface area contributed by atoms with Crippen LogP contribution in [0.4, 0.5) is 13.2 Å². The average Bonchev–Trinajstić information content (AvgIpc) is 2.72. The van der Waals surface area contributed by atoms with E-state index in [0.717, 1.165) is 28.2 Å². The van der Waals surface area contributed by atoms with E-state index >= 15 is 0 Å². The summed E-state index contributed by atoms with van der Waals surface area (Å²) in [5, 5.41) is 8.71. The van der Waals surface area contributed by atoms with Crippen molar-refractivity contribution >= 4 is 17.7 Å². The van der Waals surface area contributed by atoms with Crippen LogP contribution in [0.1, 0.15) is 17.5 Å². The van der Waals surface area contributed by atoms with E-state index in [1.165, 1.54) is 12.1 Å². The van der Waals surface area contributed by atoms with Crippen LogP contribution in [0, 0.1) is 6.92 Å². The van der Waals surface area contributed by atoms with Gasteiger partial charge in [0.1, 0.15) is 18.1 Å². The van der Waals surface area contributed by atoms with Gasteiger partial charge in [0.05, 0.1) is 5.56 Å². The first-order valence-electron chi connectivity index (χ1n) is 9.36. The molecule has 0 aromatic heterocycles. The SMILES string of the molecule is C=CC/C=C(\COc1ccc(C(F)(F)F)cc1)CSc1ccc(OCC(=O)O)c(C)c1. The molecule has 0 saturated carbocycles. The molecule has 8 heteroatoms. The Morgan fingerprint density at radius 2 is 1.84 bits per heavy atom. The van der Waals surface area contributed by atoms with Gasteiger partial charge in [0.2, 0.25) is 0 Å². The number of carbonyl (C=O) groups is 1. The van der Waals surface area contributed by atoms with Crippen molar-refractivity contribution in [1.82, 2.24) is 0 Å². The number of aliphatic carboxylic acids is 1. The summed E-state index contributed by atoms with van der Waals surface area (Å²) < 4.78 is 48.9. The molecule has 0 spiro atoms. The van der Waals surface area contributed by atoms with Crippen LogP contribution in [0.2, 0.25) is 0 Å². The lowest BCUT2D eigenvalue weighted by Gasteiger charge is -2.12. The highest BCUT2D eigenvalue weighted by molar-refractivity contribution is 7.99. The number of halogens is 3. The molecule has 31 heavy (non-hydrogen) atoms. The lowest BCUT2D eigenvalue weighted by Crippen LogP contribution is -2.10. The molecular weight excluding hydrogens is 429 g/mol. The zero-order valence-electron chi connectivity index (χ0n) is 16.9. The number of hydrogen-bond donors (Lipinski definition) is 1. The number of carboxylic acids is 1. The van der Waals surface area contributed by atoms with E-state index in [2.05, 4.69) is 6.58 Å². The maximum atomic E-state index is 12.7. The van der Waals surface area contributed by atoms with Gasteiger partial charge in [0.25, 0.3) is 0 Å². The number of benzene rings is 2. The predicted molar refractivity (Wildman–Crippen MR) is 115 cm³/mol. The summed E-state index contributed by atoms with van der Waals surface area (Å²) in [5.74, 6) is 0.449. The summed E-state index contributed by atoms with van der Waals surface area (Å²) in [5.41, 5.74) is 1.07. The van der Waals surface area contributed by atoms with Crippen LogP contribution < -0.4 is 9.47 Å². The van der Waals surface area contributed by atoms with E-state index in [0.29, 0.717) is 23.7 Å². The Morgan fingerprint density at radius 1 is 1.13 bits per heavy atom. The number of rotatable bonds is 11. The molecule has 0 saturated heterocycles. The van der Waals surface area contributed by atoms with Gasteiger partial charge >= 0.3 is 12.1 Å². The van der Waals surface area contributed by atoms with Gasteiger partial charge in [-0.25, -0.2) is 4.79 Å². The Labute approximate surface area is 183 Å². The molecule has 0 amide bonds. The van der Waals surface area contributed by atoms with E-state index in [1.807, 2.05) is 25.1 Å². The van der Waals surface area contributed by atoms with Gasteiger partial charge in [-0.15, -0.1) is 18.3 Å². The summed E-state index contributed by atoms with van der Waals surface area (Å²) in [6.07, 6.45) is -0.00734. The van der Waals surface area contributed by atoms with Crippen LogP contribution in [0.25, 0.3) is 0 Å². The van der Waals surface area contributed by atoms with Gasteiger partial charge in [0, 0.05) is 10.6 Å². The second-order valence-corrected chi connectivity index (χ2v) is 7.64. The third-order valence-corrected chi connectivity index (χ3v) is 5.20. The third kappa shape index (κ3) is 8.41. The van der Waals surface area contributed by atoms with Crippen molar-refractivity contribution in [3.05, 3.63) is 77.9 Å². The number of alkyl halides is 3. The third-order valence-electron chi connectivity index (χ3n) is 4.10. The van der Waals surface area contributed by atoms with E-state index < -0.39 is 24.3 Å². The standard InChI is InChI=1S/C23H23F3O4S/c1-3-4-5-17(13-29-19-8-6-18(7-9-19)23(24,25)26)15-31-20-10-11-21(16(2)12-20)30-14-22(27)28/h3,5-12H,1,4,13-15H2,2H3,(H,27,28)/b17-5+. The van der Waals surface area contributed by atoms with Crippen molar-refractivity contribution in [2.24, 2.45) is 0 Å². The van der Waals surface area contributed by atoms with Crippen LogP contribution in [-0.4, -0.2) is 30.0 Å². The fourth-order valence-electron chi connectivity index (χ4n) is 2.51. The van der Waals surface area contributed by atoms with Crippen LogP contribution in [0.3, 0.4) is 0 Å². The summed E-state index contributed by atoms with van der Waals surface area (Å²) in [7, 11) is 0. The molecule has 0 heterocycles. The molecular formula is C23H23F3O4S. The fourth-order valence-corrected chi connectivity index (χ4v) is 3.49. The van der Waals surface area contributed by atoms with E-state index in [4.69, 9.17) is 14.6 Å². The molecule has 0 bridgehead atoms. The minimum Gasteiger partial charge on any atom is -0.489 e. The minimum absolute atomic E-state index is 0.241. The first-order valence-corrected chi connectivity index (χ1v) is 10.3. The van der Waals surface area contributed by atoms with Crippen molar-refractivity contribution in [1.29, 1.82) is 0 Å². The van der Waals surface area contributed by atoms with Crippen LogP contribution in [0.5, 0.6) is 11.5 Å². The second kappa shape index (κ2) is 11.5. The average molecular weight is 452 g/mol. The Morgan fingerprint density at radius 3 is 2.42 bits per heavy atom. The van der Waals surface area contributed by atoms with Gasteiger partial charge < -0.3 is 14.6 Å². The van der Waals surface area contributed by atoms with Crippen molar-refractivity contribution < 1.29 is 32.5 Å². The molecule has 0 radical (unpaired) electrons. The molecule has 1 N–H and O–H groups in total. The Kier molecular flexibility index (Phi) is 9.05. The first kappa shape index (κ1) is 24.4. The van der Waals surface area contributed by atoms with Crippen LogP contribution >= 0.6 is 11.8 Å². The van der Waals surface area contributed by atoms with E-state index in [1.54, 1.807) is 23.9 Å². The summed E-state index contributed by atoms with van der Waals surface area (Å²) in [6.45, 7) is 5.38. The zero-order valence-corrected chi connectivity index (χ0v) is 17.8. The molecule has 2 rings (SSSR count). The molecule has 2 aromatic carbocycles. The summed E-state index contributed by atoms with van der Waals surface area (Å²) in [6, 6.07) is 10.1. The van der Waals surface area contributed by atoms with Gasteiger partial charge in [-0.05, 0) is 66.9 Å². The lowest BCUT2D eigenvalue weighted by atomic mass is 10.2. The Bertz CT molecular complexity index is 921. The second-order valence-electron chi connectivity index (χ2n) is 6.60. The normalized spacial score (nSPS) is 11.8. The number of thioether (sulfide) groups is 1. The van der Waals surface area contributed by atoms with Crippen molar-refractivity contribution in [3.63, 3.8) is 0 Å². The van der Waals surface area contributed by atoms with E-state index in [-0.39, 0.29) is 6.61 Å². The molecule has 0 atom stereocenters. The van der Waals surface area contributed by atoms with Gasteiger partial charge in [-0.2, -0.15) is 13.2 Å². The highest BCUT2D eigenvalue weighted by atomic mass is 32.2. The molecule has 166 valence electrons. The highest BCUT2D eigenvalue weighted by Crippen LogP contribution is 2.31. The Hall–Kier alpha value is -2.87. The molecule has 0 unspecified atom stereocenters. The largest absolute Gasteiger partial charge is 0.489 e. The van der Waals surface area contributed by atoms with Crippen molar-refractivity contribution in [2.45, 2.75) is 24.4 Å². The van der Waals surface area contributed by atoms with Gasteiger partial charge in [-0.3, -0.25) is 0 Å². The minimum atomic E-state index is -4.38. The molecule has 0 aliphatic carbocycles. The first-order chi connectivity index (χ1) is 14.7. The molecule has 0 aliphatic rings. The Balaban J connectivity index is 1.96. The lowest BCUT2D eigenvalue weighted by molar-refractivity contribution is -0.139. The molecule has 2 aromatic rings. The topological polar surface area (TPSA) is 55.8 Å². The summed E-state index contributed by atoms with van der Waals surface area (Å²) in [4.78, 5) is 11.6. The predicted octanol–water partition coefficient (Wildman–Crippen LogP) is 6.15. The number of allylic oxidation sites excluding steroid dienone is 2. The molecule has 4 nitrogen and oxygen atoms in total. The maximum Gasteiger partial charge on any atom is 0.416 e. The zero-order chi connectivity index (χ0) is 22.9. The number of aryl methyl sites for hydroxylation is 1. The van der Waals surface area contributed by atoms with Gasteiger partial charge in [0.15, 0.2) is 6.61 Å². The van der Waals surface area contributed by atoms with Crippen molar-refractivity contribution in [3.8, 4) is 11.5 Å². The molecule has 0 fully saturated rings. The van der Waals surface area contributed by atoms with Crippen molar-refractivity contribution in [2.75, 3.05) is 19.0 Å². The molecule has 0 aliphatic heterocycles.